The van der Waals surface area contributed by atoms with E-state index in [0.717, 1.165) is 33.7 Å². The number of pyridine rings is 1. The van der Waals surface area contributed by atoms with E-state index in [1.54, 1.807) is 11.3 Å². The number of aromatic nitrogens is 4. The Labute approximate surface area is 280 Å². The van der Waals surface area contributed by atoms with E-state index >= 15 is 0 Å². The van der Waals surface area contributed by atoms with Crippen LogP contribution in [0.3, 0.4) is 0 Å². The molecule has 10 rings (SSSR count). The van der Waals surface area contributed by atoms with E-state index in [0.29, 0.717) is 23.2 Å². The van der Waals surface area contributed by atoms with E-state index in [2.05, 4.69) is 84.9 Å². The van der Waals surface area contributed by atoms with E-state index < -0.39 is 0 Å². The minimum absolute atomic E-state index is 0.0383. The van der Waals surface area contributed by atoms with Crippen molar-refractivity contribution in [3.63, 3.8) is 0 Å². The van der Waals surface area contributed by atoms with Gasteiger partial charge in [-0.3, -0.25) is 0 Å². The highest BCUT2D eigenvalue weighted by atomic mass is 32.1. The minimum Gasteiger partial charge on any atom is -0.485 e. The van der Waals surface area contributed by atoms with Crippen LogP contribution in [-0.4, -0.2) is 26.0 Å². The molecule has 0 bridgehead atoms. The van der Waals surface area contributed by atoms with Crippen LogP contribution in [-0.2, 0) is 0 Å². The highest BCUT2D eigenvalue weighted by Gasteiger charge is 2.38. The first-order valence-corrected chi connectivity index (χ1v) is 16.9. The van der Waals surface area contributed by atoms with Gasteiger partial charge in [0.2, 0.25) is 0 Å². The average molecular weight is 635 g/mol. The predicted octanol–water partition coefficient (Wildman–Crippen LogP) is 8.42. The molecule has 0 saturated heterocycles. The Morgan fingerprint density at radius 1 is 0.542 bits per heavy atom. The van der Waals surface area contributed by atoms with Gasteiger partial charge in [0.25, 0.3) is 0 Å². The van der Waals surface area contributed by atoms with Crippen molar-refractivity contribution < 1.29 is 4.74 Å². The van der Waals surface area contributed by atoms with Gasteiger partial charge in [-0.1, -0.05) is 127 Å². The fourth-order valence-corrected chi connectivity index (χ4v) is 8.23. The van der Waals surface area contributed by atoms with E-state index in [4.69, 9.17) is 24.7 Å². The third-order valence-electron chi connectivity index (χ3n) is 9.26. The monoisotopic (exact) mass is 634 g/mol. The number of benzene rings is 5. The number of fused-ring (bicyclic) bond motifs is 7. The largest absolute Gasteiger partial charge is 0.485 e. The van der Waals surface area contributed by atoms with Crippen LogP contribution >= 0.6 is 11.3 Å². The fourth-order valence-electron chi connectivity index (χ4n) is 7.01. The van der Waals surface area contributed by atoms with Crippen molar-refractivity contribution in [1.29, 1.82) is 0 Å². The normalized spacial score (nSPS) is 16.0. The molecule has 2 unspecified atom stereocenters. The second-order valence-electron chi connectivity index (χ2n) is 12.2. The summed E-state index contributed by atoms with van der Waals surface area (Å²) in [6.45, 7) is 0. The highest BCUT2D eigenvalue weighted by Crippen LogP contribution is 2.48. The van der Waals surface area contributed by atoms with Gasteiger partial charge in [-0.05, 0) is 22.6 Å². The first kappa shape index (κ1) is 27.2. The molecule has 5 nitrogen and oxygen atoms in total. The second kappa shape index (κ2) is 10.8. The number of nitrogens with zero attached hydrogens (tertiary/aromatic N) is 4. The number of hydrogen-bond donors (Lipinski definition) is 0. The summed E-state index contributed by atoms with van der Waals surface area (Å²) in [4.78, 5) is 20.7. The molecule has 3 aromatic heterocycles. The standard InChI is InChI=1S/C42H26N4OS/c1-3-12-25(13-4-1)40-44-41(26-14-5-2-6-15-26)46-42(45-40)38-37-32-22-27-16-7-8-17-28(27)23-34(32)47-35(37)24-33(43-38)31-20-11-19-30-29-18-9-10-21-36(29)48-39(30)31/h1-24,32,34H. The lowest BCUT2D eigenvalue weighted by Gasteiger charge is -2.17. The fraction of sp³-hybridized carbons (Fsp3) is 0.0476. The first-order valence-electron chi connectivity index (χ1n) is 16.1. The molecular formula is C42H26N4OS. The molecule has 8 aromatic rings. The summed E-state index contributed by atoms with van der Waals surface area (Å²) in [5.41, 5.74) is 5.45. The molecule has 2 atom stereocenters. The Morgan fingerprint density at radius 3 is 1.92 bits per heavy atom. The van der Waals surface area contributed by atoms with Crippen molar-refractivity contribution in [3.8, 4) is 51.3 Å². The first-order chi connectivity index (χ1) is 23.8. The molecule has 0 N–H and O–H groups in total. The summed E-state index contributed by atoms with van der Waals surface area (Å²) in [7, 11) is 0. The Hall–Kier alpha value is -5.98. The van der Waals surface area contributed by atoms with Crippen LogP contribution in [0.1, 0.15) is 11.5 Å². The SMILES string of the molecule is C1=c2ccccc2=CC2c3c(cc(-c4cccc5c4sc4ccccc45)nc3-c3nc(-c4ccccc4)nc(-c4ccccc4)n3)OC12. The van der Waals surface area contributed by atoms with Gasteiger partial charge in [0.15, 0.2) is 17.5 Å². The summed E-state index contributed by atoms with van der Waals surface area (Å²) in [5.74, 6) is 2.51. The molecule has 1 aliphatic heterocycles. The summed E-state index contributed by atoms with van der Waals surface area (Å²) < 4.78 is 9.25. The van der Waals surface area contributed by atoms with Crippen LogP contribution in [0.15, 0.2) is 133 Å². The van der Waals surface area contributed by atoms with Crippen LogP contribution in [0.2, 0.25) is 0 Å². The molecule has 2 aliphatic rings. The van der Waals surface area contributed by atoms with Gasteiger partial charge >= 0.3 is 0 Å². The van der Waals surface area contributed by atoms with E-state index in [1.807, 2.05) is 60.7 Å². The lowest BCUT2D eigenvalue weighted by molar-refractivity contribution is 0.288. The molecule has 5 aromatic carbocycles. The third kappa shape index (κ3) is 4.37. The molecule has 6 heteroatoms. The number of thiophene rings is 1. The third-order valence-corrected chi connectivity index (χ3v) is 10.5. The molecule has 0 fully saturated rings. The maximum atomic E-state index is 6.80. The minimum atomic E-state index is -0.158. The highest BCUT2D eigenvalue weighted by molar-refractivity contribution is 7.26. The van der Waals surface area contributed by atoms with Crippen LogP contribution in [0.25, 0.3) is 77.9 Å². The van der Waals surface area contributed by atoms with Gasteiger partial charge in [0.05, 0.1) is 5.69 Å². The topological polar surface area (TPSA) is 60.8 Å². The Bertz CT molecular complexity index is 2610. The number of ether oxygens (including phenoxy) is 1. The van der Waals surface area contributed by atoms with Crippen molar-refractivity contribution in [1.82, 2.24) is 19.9 Å². The Kier molecular flexibility index (Phi) is 6.11. The lowest BCUT2D eigenvalue weighted by Crippen LogP contribution is -2.34. The van der Waals surface area contributed by atoms with Gasteiger partial charge in [0.1, 0.15) is 17.5 Å². The van der Waals surface area contributed by atoms with E-state index in [9.17, 15) is 0 Å². The van der Waals surface area contributed by atoms with E-state index in [-0.39, 0.29) is 12.0 Å². The molecular weight excluding hydrogens is 609 g/mol. The van der Waals surface area contributed by atoms with Crippen LogP contribution in [0, 0.1) is 0 Å². The zero-order valence-corrected chi connectivity index (χ0v) is 26.4. The van der Waals surface area contributed by atoms with Crippen molar-refractivity contribution in [2.75, 3.05) is 0 Å². The van der Waals surface area contributed by atoms with E-state index in [1.165, 1.54) is 30.6 Å². The zero-order valence-electron chi connectivity index (χ0n) is 25.6. The quantitative estimate of drug-likeness (QED) is 0.195. The summed E-state index contributed by atoms with van der Waals surface area (Å²) >= 11 is 1.79. The van der Waals surface area contributed by atoms with Crippen molar-refractivity contribution in [2.24, 2.45) is 0 Å². The van der Waals surface area contributed by atoms with Gasteiger partial charge in [-0.2, -0.15) is 0 Å². The number of rotatable bonds is 4. The summed E-state index contributed by atoms with van der Waals surface area (Å²) in [6.07, 6.45) is 4.38. The lowest BCUT2D eigenvalue weighted by atomic mass is 9.88. The van der Waals surface area contributed by atoms with Crippen LogP contribution in [0.5, 0.6) is 5.75 Å². The molecule has 48 heavy (non-hydrogen) atoms. The van der Waals surface area contributed by atoms with Gasteiger partial charge in [-0.15, -0.1) is 11.3 Å². The summed E-state index contributed by atoms with van der Waals surface area (Å²) in [6, 6.07) is 45.8. The van der Waals surface area contributed by atoms with Crippen LogP contribution in [0.4, 0.5) is 0 Å². The second-order valence-corrected chi connectivity index (χ2v) is 13.2. The number of hydrogen-bond acceptors (Lipinski definition) is 6. The van der Waals surface area contributed by atoms with Crippen molar-refractivity contribution in [3.05, 3.63) is 149 Å². The van der Waals surface area contributed by atoms with Crippen molar-refractivity contribution in [2.45, 2.75) is 12.0 Å². The van der Waals surface area contributed by atoms with Gasteiger partial charge < -0.3 is 4.74 Å². The maximum absolute atomic E-state index is 6.80. The molecule has 0 radical (unpaired) electrons. The smallest absolute Gasteiger partial charge is 0.182 e. The molecule has 226 valence electrons. The molecule has 4 heterocycles. The van der Waals surface area contributed by atoms with Crippen molar-refractivity contribution >= 4 is 43.7 Å². The van der Waals surface area contributed by atoms with Gasteiger partial charge in [-0.25, -0.2) is 19.9 Å². The molecule has 1 aliphatic carbocycles. The molecule has 0 spiro atoms. The Balaban J connectivity index is 1.26. The average Bonchev–Trinajstić information content (AvgIpc) is 3.72. The predicted molar refractivity (Wildman–Crippen MR) is 194 cm³/mol. The molecule has 0 saturated carbocycles. The van der Waals surface area contributed by atoms with Crippen LogP contribution < -0.4 is 15.2 Å². The summed E-state index contributed by atoms with van der Waals surface area (Å²) in [5, 5.41) is 4.84. The molecule has 0 amide bonds. The zero-order chi connectivity index (χ0) is 31.6. The van der Waals surface area contributed by atoms with Gasteiger partial charge in [0, 0.05) is 54.4 Å². The Morgan fingerprint density at radius 2 is 1.17 bits per heavy atom. The maximum Gasteiger partial charge on any atom is 0.182 e.